The third kappa shape index (κ3) is 3.18. The number of hydrogen-bond acceptors (Lipinski definition) is 4. The lowest BCUT2D eigenvalue weighted by molar-refractivity contribution is 0.140. The average molecular weight is 322 g/mol. The van der Waals surface area contributed by atoms with Crippen molar-refractivity contribution in [2.45, 2.75) is 19.9 Å². The molecule has 5 heteroatoms. The summed E-state index contributed by atoms with van der Waals surface area (Å²) in [4.78, 5) is 14.5. The fourth-order valence-electron chi connectivity index (χ4n) is 3.24. The zero-order valence-electron chi connectivity index (χ0n) is 14.0. The highest BCUT2D eigenvalue weighted by atomic mass is 16.5. The number of aromatic amines is 1. The Hall–Kier alpha value is -2.24. The highest BCUT2D eigenvalue weighted by Gasteiger charge is 2.11. The van der Waals surface area contributed by atoms with Gasteiger partial charge in [-0.2, -0.15) is 0 Å². The van der Waals surface area contributed by atoms with Crippen LogP contribution in [0.15, 0.2) is 36.7 Å². The number of rotatable bonds is 3. The summed E-state index contributed by atoms with van der Waals surface area (Å²) in [5.74, 6) is 0.785. The molecule has 0 bridgehead atoms. The second-order valence-electron chi connectivity index (χ2n) is 6.32. The number of fused-ring (bicyclic) bond motifs is 1. The molecule has 0 atom stereocenters. The fourth-order valence-corrected chi connectivity index (χ4v) is 3.24. The van der Waals surface area contributed by atoms with Gasteiger partial charge in [-0.3, -0.25) is 4.90 Å². The van der Waals surface area contributed by atoms with Crippen molar-refractivity contribution in [3.63, 3.8) is 0 Å². The maximum atomic E-state index is 5.52. The van der Waals surface area contributed by atoms with Crippen LogP contribution in [-0.2, 0) is 11.3 Å². The zero-order valence-corrected chi connectivity index (χ0v) is 14.0. The smallest absolute Gasteiger partial charge is 0.141 e. The fraction of sp³-hybridized carbons (Fsp3) is 0.368. The van der Waals surface area contributed by atoms with Gasteiger partial charge in [-0.05, 0) is 24.5 Å². The lowest BCUT2D eigenvalue weighted by atomic mass is 10.0. The van der Waals surface area contributed by atoms with E-state index in [0.717, 1.165) is 61.7 Å². The van der Waals surface area contributed by atoms with E-state index in [1.807, 2.05) is 19.3 Å². The van der Waals surface area contributed by atoms with Gasteiger partial charge in [0.25, 0.3) is 0 Å². The lowest BCUT2D eigenvalue weighted by Crippen LogP contribution is -2.25. The molecule has 124 valence electrons. The molecular weight excluding hydrogens is 300 g/mol. The molecule has 1 aliphatic rings. The molecule has 0 unspecified atom stereocenters. The summed E-state index contributed by atoms with van der Waals surface area (Å²) in [6, 6.07) is 8.81. The third-order valence-corrected chi connectivity index (χ3v) is 4.54. The van der Waals surface area contributed by atoms with Gasteiger partial charge in [0.2, 0.25) is 0 Å². The number of H-pyrrole nitrogens is 1. The molecule has 0 radical (unpaired) electrons. The number of nitrogens with one attached hydrogen (secondary N) is 1. The molecule has 0 aliphatic carbocycles. The second-order valence-corrected chi connectivity index (χ2v) is 6.32. The Morgan fingerprint density at radius 1 is 1.17 bits per heavy atom. The van der Waals surface area contributed by atoms with Crippen molar-refractivity contribution in [3.05, 3.63) is 48.0 Å². The van der Waals surface area contributed by atoms with Crippen LogP contribution >= 0.6 is 0 Å². The number of hydrogen-bond donors (Lipinski definition) is 1. The first-order valence-corrected chi connectivity index (χ1v) is 8.50. The Labute approximate surface area is 141 Å². The van der Waals surface area contributed by atoms with Crippen molar-refractivity contribution in [1.82, 2.24) is 19.9 Å². The molecule has 4 rings (SSSR count). The van der Waals surface area contributed by atoms with Crippen LogP contribution in [0.1, 0.15) is 17.8 Å². The van der Waals surface area contributed by atoms with Crippen molar-refractivity contribution in [2.75, 3.05) is 26.3 Å². The predicted octanol–water partition coefficient (Wildman–Crippen LogP) is 3.16. The van der Waals surface area contributed by atoms with Gasteiger partial charge in [-0.25, -0.2) is 9.97 Å². The van der Waals surface area contributed by atoms with E-state index in [4.69, 9.17) is 4.74 Å². The summed E-state index contributed by atoms with van der Waals surface area (Å²) < 4.78 is 5.52. The number of aryl methyl sites for hydroxylation is 1. The van der Waals surface area contributed by atoms with Gasteiger partial charge in [-0.15, -0.1) is 0 Å². The van der Waals surface area contributed by atoms with E-state index in [1.54, 1.807) is 0 Å². The molecule has 3 aromatic rings. The van der Waals surface area contributed by atoms with E-state index in [9.17, 15) is 0 Å². The minimum absolute atomic E-state index is 0.785. The molecule has 1 aliphatic heterocycles. The number of aromatic nitrogens is 3. The van der Waals surface area contributed by atoms with Gasteiger partial charge < -0.3 is 9.72 Å². The summed E-state index contributed by atoms with van der Waals surface area (Å²) in [7, 11) is 0. The third-order valence-electron chi connectivity index (χ3n) is 4.54. The molecule has 1 fully saturated rings. The number of ether oxygens (including phenoxy) is 1. The molecule has 1 N–H and O–H groups in total. The van der Waals surface area contributed by atoms with Crippen LogP contribution in [-0.4, -0.2) is 46.2 Å². The van der Waals surface area contributed by atoms with E-state index in [0.29, 0.717) is 0 Å². The molecule has 1 saturated heterocycles. The lowest BCUT2D eigenvalue weighted by Gasteiger charge is -2.19. The largest absolute Gasteiger partial charge is 0.380 e. The highest BCUT2D eigenvalue weighted by Crippen LogP contribution is 2.27. The normalized spacial score (nSPS) is 16.4. The summed E-state index contributed by atoms with van der Waals surface area (Å²) in [6.45, 7) is 6.74. The first-order chi connectivity index (χ1) is 11.8. The Morgan fingerprint density at radius 3 is 2.92 bits per heavy atom. The SMILES string of the molecule is Cc1ncc2c(-c3ccc(CN4CCCOCC4)cc3)c[nH]c2n1. The quantitative estimate of drug-likeness (QED) is 0.805. The van der Waals surface area contributed by atoms with Crippen LogP contribution in [0.25, 0.3) is 22.2 Å². The van der Waals surface area contributed by atoms with Crippen molar-refractivity contribution in [3.8, 4) is 11.1 Å². The van der Waals surface area contributed by atoms with Gasteiger partial charge in [0.15, 0.2) is 0 Å². The molecule has 3 heterocycles. The summed E-state index contributed by atoms with van der Waals surface area (Å²) in [6.07, 6.45) is 5.03. The second kappa shape index (κ2) is 6.71. The van der Waals surface area contributed by atoms with Gasteiger partial charge in [0, 0.05) is 49.6 Å². The maximum absolute atomic E-state index is 5.52. The minimum Gasteiger partial charge on any atom is -0.380 e. The summed E-state index contributed by atoms with van der Waals surface area (Å²) >= 11 is 0. The van der Waals surface area contributed by atoms with Crippen LogP contribution in [0, 0.1) is 6.92 Å². The molecule has 0 amide bonds. The minimum atomic E-state index is 0.785. The van der Waals surface area contributed by atoms with E-state index >= 15 is 0 Å². The average Bonchev–Trinajstić information content (AvgIpc) is 2.83. The number of nitrogens with zero attached hydrogens (tertiary/aromatic N) is 3. The Bertz CT molecular complexity index is 817. The van der Waals surface area contributed by atoms with E-state index in [-0.39, 0.29) is 0 Å². The van der Waals surface area contributed by atoms with Crippen LogP contribution in [0.3, 0.4) is 0 Å². The maximum Gasteiger partial charge on any atom is 0.141 e. The first kappa shape index (κ1) is 15.3. The highest BCUT2D eigenvalue weighted by molar-refractivity contribution is 5.92. The molecule has 1 aromatic carbocycles. The predicted molar refractivity (Wildman–Crippen MR) is 94.8 cm³/mol. The topological polar surface area (TPSA) is 54.0 Å². The first-order valence-electron chi connectivity index (χ1n) is 8.50. The Kier molecular flexibility index (Phi) is 4.28. The van der Waals surface area contributed by atoms with Crippen LogP contribution in [0.4, 0.5) is 0 Å². The van der Waals surface area contributed by atoms with Crippen molar-refractivity contribution in [1.29, 1.82) is 0 Å². The molecule has 2 aromatic heterocycles. The molecule has 24 heavy (non-hydrogen) atoms. The standard InChI is InChI=1S/C19H22N4O/c1-14-20-12-18-17(11-21-19(18)22-14)16-5-3-15(4-6-16)13-23-7-2-9-24-10-8-23/h3-6,11-12H,2,7-10,13H2,1H3,(H,20,21,22). The monoisotopic (exact) mass is 322 g/mol. The van der Waals surface area contributed by atoms with Gasteiger partial charge >= 0.3 is 0 Å². The van der Waals surface area contributed by atoms with Gasteiger partial charge in [-0.1, -0.05) is 24.3 Å². The molecular formula is C19H22N4O. The van der Waals surface area contributed by atoms with Crippen molar-refractivity contribution >= 4 is 11.0 Å². The van der Waals surface area contributed by atoms with Crippen LogP contribution in [0.5, 0.6) is 0 Å². The van der Waals surface area contributed by atoms with Crippen LogP contribution in [0.2, 0.25) is 0 Å². The molecule has 0 spiro atoms. The van der Waals surface area contributed by atoms with E-state index in [1.165, 1.54) is 11.1 Å². The van der Waals surface area contributed by atoms with Gasteiger partial charge in [0.05, 0.1) is 6.61 Å². The van der Waals surface area contributed by atoms with Gasteiger partial charge in [0.1, 0.15) is 11.5 Å². The molecule has 0 saturated carbocycles. The Balaban J connectivity index is 1.54. The summed E-state index contributed by atoms with van der Waals surface area (Å²) in [5.41, 5.74) is 4.58. The molecule has 5 nitrogen and oxygen atoms in total. The van der Waals surface area contributed by atoms with E-state index < -0.39 is 0 Å². The summed E-state index contributed by atoms with van der Waals surface area (Å²) in [5, 5.41) is 1.07. The van der Waals surface area contributed by atoms with E-state index in [2.05, 4.69) is 44.1 Å². The zero-order chi connectivity index (χ0) is 16.4. The Morgan fingerprint density at radius 2 is 2.04 bits per heavy atom. The van der Waals surface area contributed by atoms with Crippen molar-refractivity contribution in [2.24, 2.45) is 0 Å². The van der Waals surface area contributed by atoms with Crippen molar-refractivity contribution < 1.29 is 4.74 Å². The van der Waals surface area contributed by atoms with Crippen LogP contribution < -0.4 is 0 Å². The number of benzene rings is 1.